The van der Waals surface area contributed by atoms with Crippen LogP contribution in [0.3, 0.4) is 0 Å². The molecule has 0 amide bonds. The van der Waals surface area contributed by atoms with Crippen molar-refractivity contribution in [1.82, 2.24) is 5.32 Å². The molecule has 0 saturated carbocycles. The zero-order valence-corrected chi connectivity index (χ0v) is 11.1. The second-order valence-corrected chi connectivity index (χ2v) is 5.62. The normalized spacial score (nSPS) is 20.8. The molecule has 0 aromatic heterocycles. The lowest BCUT2D eigenvalue weighted by molar-refractivity contribution is 0.408. The highest BCUT2D eigenvalue weighted by Crippen LogP contribution is 2.38. The summed E-state index contributed by atoms with van der Waals surface area (Å²) in [6.45, 7) is 4.07. The highest BCUT2D eigenvalue weighted by atomic mass is 35.5. The summed E-state index contributed by atoms with van der Waals surface area (Å²) in [5.74, 6) is 2.09. The molecule has 4 heteroatoms. The summed E-state index contributed by atoms with van der Waals surface area (Å²) in [4.78, 5) is 0. The molecule has 0 spiro atoms. The molecule has 1 saturated heterocycles. The summed E-state index contributed by atoms with van der Waals surface area (Å²) in [5.41, 5.74) is 2.27. The number of halogens is 1. The second kappa shape index (κ2) is 5.30. The van der Waals surface area contributed by atoms with Gasteiger partial charge in [-0.15, -0.1) is 0 Å². The number of rotatable bonds is 2. The number of ether oxygens (including phenoxy) is 1. The Hall–Kier alpha value is -0.380. The van der Waals surface area contributed by atoms with Crippen LogP contribution in [0.5, 0.6) is 5.75 Å². The average Bonchev–Trinajstić information content (AvgIpc) is 2.33. The highest BCUT2D eigenvalue weighted by molar-refractivity contribution is 7.99. The molecule has 1 heterocycles. The van der Waals surface area contributed by atoms with Crippen LogP contribution in [-0.4, -0.2) is 26.0 Å². The molecule has 2 nitrogen and oxygen atoms in total. The van der Waals surface area contributed by atoms with E-state index in [4.69, 9.17) is 16.3 Å². The van der Waals surface area contributed by atoms with Crippen molar-refractivity contribution in [2.75, 3.05) is 26.0 Å². The Labute approximate surface area is 106 Å². The lowest BCUT2D eigenvalue weighted by atomic mass is 10.1. The van der Waals surface area contributed by atoms with Gasteiger partial charge in [0.05, 0.1) is 7.11 Å². The van der Waals surface area contributed by atoms with Gasteiger partial charge in [-0.3, -0.25) is 0 Å². The molecule has 1 unspecified atom stereocenters. The quantitative estimate of drug-likeness (QED) is 0.880. The Kier molecular flexibility index (Phi) is 4.00. The minimum Gasteiger partial charge on any atom is -0.496 e. The molecule has 1 aliphatic rings. The van der Waals surface area contributed by atoms with Gasteiger partial charge in [-0.25, -0.2) is 0 Å². The average molecular weight is 258 g/mol. The van der Waals surface area contributed by atoms with Gasteiger partial charge in [-0.2, -0.15) is 11.8 Å². The van der Waals surface area contributed by atoms with Gasteiger partial charge in [0.25, 0.3) is 0 Å². The first kappa shape index (κ1) is 12.1. The smallest absolute Gasteiger partial charge is 0.123 e. The van der Waals surface area contributed by atoms with Crippen molar-refractivity contribution in [3.8, 4) is 5.75 Å². The maximum atomic E-state index is 6.18. The molecule has 1 atom stereocenters. The van der Waals surface area contributed by atoms with E-state index in [1.54, 1.807) is 7.11 Å². The molecule has 1 fully saturated rings. The third-order valence-corrected chi connectivity index (χ3v) is 4.46. The Morgan fingerprint density at radius 3 is 2.94 bits per heavy atom. The van der Waals surface area contributed by atoms with Gasteiger partial charge in [0, 0.05) is 34.7 Å². The first-order chi connectivity index (χ1) is 7.72. The van der Waals surface area contributed by atoms with E-state index >= 15 is 0 Å². The SMILES string of the molecule is COc1cc(C)c(Cl)cc1C1CNCCS1. The molecule has 1 aromatic carbocycles. The van der Waals surface area contributed by atoms with Crippen molar-refractivity contribution in [3.05, 3.63) is 28.3 Å². The van der Waals surface area contributed by atoms with Gasteiger partial charge in [0.1, 0.15) is 5.75 Å². The van der Waals surface area contributed by atoms with Gasteiger partial charge >= 0.3 is 0 Å². The number of hydrogen-bond acceptors (Lipinski definition) is 3. The van der Waals surface area contributed by atoms with Crippen molar-refractivity contribution in [2.45, 2.75) is 12.2 Å². The van der Waals surface area contributed by atoms with Crippen molar-refractivity contribution in [1.29, 1.82) is 0 Å². The minimum atomic E-state index is 0.446. The topological polar surface area (TPSA) is 21.3 Å². The standard InChI is InChI=1S/C12H16ClNOS/c1-8-5-11(15-2)9(6-10(8)13)12-7-14-3-4-16-12/h5-6,12,14H,3-4,7H2,1-2H3. The third kappa shape index (κ3) is 2.47. The lowest BCUT2D eigenvalue weighted by Crippen LogP contribution is -2.28. The fourth-order valence-electron chi connectivity index (χ4n) is 1.86. The van der Waals surface area contributed by atoms with E-state index in [0.29, 0.717) is 5.25 Å². The minimum absolute atomic E-state index is 0.446. The molecule has 88 valence electrons. The van der Waals surface area contributed by atoms with Crippen molar-refractivity contribution < 1.29 is 4.74 Å². The van der Waals surface area contributed by atoms with Gasteiger partial charge in [0.15, 0.2) is 0 Å². The zero-order chi connectivity index (χ0) is 11.5. The van der Waals surface area contributed by atoms with Crippen LogP contribution >= 0.6 is 23.4 Å². The predicted octanol–water partition coefficient (Wildman–Crippen LogP) is 3.03. The molecule has 16 heavy (non-hydrogen) atoms. The van der Waals surface area contributed by atoms with Crippen LogP contribution in [0.4, 0.5) is 0 Å². The molecule has 0 aliphatic carbocycles. The lowest BCUT2D eigenvalue weighted by Gasteiger charge is -2.24. The first-order valence-corrected chi connectivity index (χ1v) is 6.81. The molecule has 2 rings (SSSR count). The number of nitrogens with one attached hydrogen (secondary N) is 1. The Bertz CT molecular complexity index is 378. The Morgan fingerprint density at radius 1 is 1.50 bits per heavy atom. The van der Waals surface area contributed by atoms with E-state index in [1.165, 1.54) is 5.56 Å². The Morgan fingerprint density at radius 2 is 2.31 bits per heavy atom. The molecular formula is C12H16ClNOS. The fourth-order valence-corrected chi connectivity index (χ4v) is 3.18. The van der Waals surface area contributed by atoms with Gasteiger partial charge in [0.2, 0.25) is 0 Å². The molecule has 1 aliphatic heterocycles. The van der Waals surface area contributed by atoms with Crippen molar-refractivity contribution in [2.24, 2.45) is 0 Å². The van der Waals surface area contributed by atoms with Crippen LogP contribution in [0.1, 0.15) is 16.4 Å². The van der Waals surface area contributed by atoms with E-state index in [-0.39, 0.29) is 0 Å². The first-order valence-electron chi connectivity index (χ1n) is 5.38. The van der Waals surface area contributed by atoms with E-state index in [1.807, 2.05) is 30.8 Å². The number of benzene rings is 1. The summed E-state index contributed by atoms with van der Waals surface area (Å²) in [6.07, 6.45) is 0. The van der Waals surface area contributed by atoms with Crippen LogP contribution in [-0.2, 0) is 0 Å². The van der Waals surface area contributed by atoms with E-state index in [2.05, 4.69) is 5.32 Å². The number of methoxy groups -OCH3 is 1. The zero-order valence-electron chi connectivity index (χ0n) is 9.55. The summed E-state index contributed by atoms with van der Waals surface area (Å²) in [6, 6.07) is 4.06. The monoisotopic (exact) mass is 257 g/mol. The van der Waals surface area contributed by atoms with E-state index in [9.17, 15) is 0 Å². The van der Waals surface area contributed by atoms with Gasteiger partial charge in [-0.1, -0.05) is 11.6 Å². The van der Waals surface area contributed by atoms with E-state index in [0.717, 1.165) is 35.2 Å². The van der Waals surface area contributed by atoms with Gasteiger partial charge in [-0.05, 0) is 24.6 Å². The Balaban J connectivity index is 2.33. The summed E-state index contributed by atoms with van der Waals surface area (Å²) >= 11 is 8.14. The van der Waals surface area contributed by atoms with Crippen LogP contribution in [0, 0.1) is 6.92 Å². The largest absolute Gasteiger partial charge is 0.496 e. The molecule has 1 aromatic rings. The number of hydrogen-bond donors (Lipinski definition) is 1. The van der Waals surface area contributed by atoms with Crippen LogP contribution in [0.25, 0.3) is 0 Å². The molecule has 1 N–H and O–H groups in total. The highest BCUT2D eigenvalue weighted by Gasteiger charge is 2.20. The number of thioether (sulfide) groups is 1. The summed E-state index contributed by atoms with van der Waals surface area (Å²) in [7, 11) is 1.72. The summed E-state index contributed by atoms with van der Waals surface area (Å²) < 4.78 is 5.43. The fraction of sp³-hybridized carbons (Fsp3) is 0.500. The van der Waals surface area contributed by atoms with Crippen LogP contribution in [0.15, 0.2) is 12.1 Å². The van der Waals surface area contributed by atoms with E-state index < -0.39 is 0 Å². The van der Waals surface area contributed by atoms with Crippen LogP contribution in [0.2, 0.25) is 5.02 Å². The van der Waals surface area contributed by atoms with Crippen LogP contribution < -0.4 is 10.1 Å². The van der Waals surface area contributed by atoms with Crippen molar-refractivity contribution in [3.63, 3.8) is 0 Å². The second-order valence-electron chi connectivity index (χ2n) is 3.91. The van der Waals surface area contributed by atoms with Crippen molar-refractivity contribution >= 4 is 23.4 Å². The maximum Gasteiger partial charge on any atom is 0.123 e. The van der Waals surface area contributed by atoms with Gasteiger partial charge < -0.3 is 10.1 Å². The predicted molar refractivity (Wildman–Crippen MR) is 70.8 cm³/mol. The molecular weight excluding hydrogens is 242 g/mol. The number of aryl methyl sites for hydroxylation is 1. The summed E-state index contributed by atoms with van der Waals surface area (Å²) in [5, 5.41) is 4.67. The molecule has 0 radical (unpaired) electrons. The molecule has 0 bridgehead atoms. The maximum absolute atomic E-state index is 6.18. The third-order valence-electron chi connectivity index (χ3n) is 2.79.